The molecule has 4 nitrogen and oxygen atoms in total. The Morgan fingerprint density at radius 1 is 1.56 bits per heavy atom. The Kier molecular flexibility index (Phi) is 4.02. The highest BCUT2D eigenvalue weighted by Crippen LogP contribution is 2.28. The Hall–Kier alpha value is -0.970. The average molecular weight is 243 g/mol. The summed E-state index contributed by atoms with van der Waals surface area (Å²) in [6, 6.07) is 0. The molecule has 0 radical (unpaired) electrons. The minimum atomic E-state index is -0.502. The molecular formula is C11H17NO3S. The van der Waals surface area contributed by atoms with Crippen LogP contribution in [0.3, 0.4) is 0 Å². The molecule has 16 heavy (non-hydrogen) atoms. The van der Waals surface area contributed by atoms with Crippen LogP contribution < -0.4 is 0 Å². The Balaban J connectivity index is 2.70. The smallest absolute Gasteiger partial charge is 0.333 e. The van der Waals surface area contributed by atoms with E-state index in [1.54, 1.807) is 4.90 Å². The summed E-state index contributed by atoms with van der Waals surface area (Å²) in [5.74, 6) is 0.0492. The van der Waals surface area contributed by atoms with Crippen LogP contribution in [0.1, 0.15) is 27.7 Å². The minimum Gasteiger partial charge on any atom is -0.457 e. The Morgan fingerprint density at radius 3 is 2.69 bits per heavy atom. The predicted molar refractivity (Wildman–Crippen MR) is 63.8 cm³/mol. The zero-order valence-electron chi connectivity index (χ0n) is 10.1. The molecule has 1 saturated heterocycles. The van der Waals surface area contributed by atoms with Crippen molar-refractivity contribution in [1.29, 1.82) is 0 Å². The second-order valence-electron chi connectivity index (χ2n) is 4.44. The zero-order chi connectivity index (χ0) is 12.3. The van der Waals surface area contributed by atoms with Gasteiger partial charge in [0.1, 0.15) is 5.60 Å². The molecule has 0 aliphatic carbocycles. The molecule has 5 heteroatoms. The van der Waals surface area contributed by atoms with E-state index < -0.39 is 11.6 Å². The molecule has 0 aromatic heterocycles. The van der Waals surface area contributed by atoms with Gasteiger partial charge in [0.25, 0.3) is 0 Å². The Bertz CT molecular complexity index is 331. The minimum absolute atomic E-state index is 0.0438. The Labute approximate surface area is 100 Å². The van der Waals surface area contributed by atoms with E-state index in [9.17, 15) is 9.59 Å². The maximum Gasteiger partial charge on any atom is 0.333 e. The second-order valence-corrected chi connectivity index (χ2v) is 5.44. The van der Waals surface area contributed by atoms with E-state index in [0.717, 1.165) is 0 Å². The van der Waals surface area contributed by atoms with Crippen molar-refractivity contribution >= 4 is 23.6 Å². The maximum absolute atomic E-state index is 11.5. The summed E-state index contributed by atoms with van der Waals surface area (Å²) in [5.41, 5.74) is -0.502. The number of esters is 1. The van der Waals surface area contributed by atoms with Crippen LogP contribution in [0.5, 0.6) is 0 Å². The number of hydrogen-bond donors (Lipinski definition) is 0. The van der Waals surface area contributed by atoms with Crippen LogP contribution in [0.4, 0.5) is 0 Å². The first-order valence-corrected chi connectivity index (χ1v) is 6.20. The first-order chi connectivity index (χ1) is 7.33. The molecule has 0 saturated carbocycles. The predicted octanol–water partition coefficient (Wildman–Crippen LogP) is 1.76. The number of thioether (sulfide) groups is 1. The SMILES string of the molecule is CCN1C(=O)CSC1=CC(=O)OC(C)(C)C. The molecule has 0 spiro atoms. The molecule has 0 N–H and O–H groups in total. The van der Waals surface area contributed by atoms with Gasteiger partial charge in [-0.25, -0.2) is 4.79 Å². The van der Waals surface area contributed by atoms with E-state index in [2.05, 4.69) is 0 Å². The molecule has 0 aromatic carbocycles. The third kappa shape index (κ3) is 3.56. The van der Waals surface area contributed by atoms with Gasteiger partial charge in [0.2, 0.25) is 5.91 Å². The van der Waals surface area contributed by atoms with Crippen molar-refractivity contribution in [2.24, 2.45) is 0 Å². The fourth-order valence-electron chi connectivity index (χ4n) is 1.30. The molecule has 1 fully saturated rings. The summed E-state index contributed by atoms with van der Waals surface area (Å²) in [4.78, 5) is 24.5. The van der Waals surface area contributed by atoms with Gasteiger partial charge in [0.05, 0.1) is 16.9 Å². The molecule has 1 rings (SSSR count). The molecule has 0 unspecified atom stereocenters. The van der Waals surface area contributed by atoms with E-state index in [0.29, 0.717) is 17.3 Å². The van der Waals surface area contributed by atoms with E-state index in [1.165, 1.54) is 17.8 Å². The lowest BCUT2D eigenvalue weighted by Gasteiger charge is -2.19. The number of ether oxygens (including phenoxy) is 1. The summed E-state index contributed by atoms with van der Waals surface area (Å²) in [5, 5.41) is 0.682. The van der Waals surface area contributed by atoms with Crippen molar-refractivity contribution in [1.82, 2.24) is 4.90 Å². The molecule has 90 valence electrons. The van der Waals surface area contributed by atoms with Crippen molar-refractivity contribution in [2.45, 2.75) is 33.3 Å². The van der Waals surface area contributed by atoms with Gasteiger partial charge < -0.3 is 9.64 Å². The fourth-order valence-corrected chi connectivity index (χ4v) is 2.29. The van der Waals surface area contributed by atoms with Crippen molar-refractivity contribution < 1.29 is 14.3 Å². The number of carbonyl (C=O) groups excluding carboxylic acids is 2. The van der Waals surface area contributed by atoms with Crippen LogP contribution in [-0.2, 0) is 14.3 Å². The second kappa shape index (κ2) is 4.91. The van der Waals surface area contributed by atoms with Crippen LogP contribution in [-0.4, -0.2) is 34.7 Å². The lowest BCUT2D eigenvalue weighted by atomic mass is 10.2. The lowest BCUT2D eigenvalue weighted by molar-refractivity contribution is -0.148. The summed E-state index contributed by atoms with van der Waals surface area (Å²) in [7, 11) is 0. The van der Waals surface area contributed by atoms with E-state index in [-0.39, 0.29) is 5.91 Å². The van der Waals surface area contributed by atoms with Gasteiger partial charge in [-0.1, -0.05) is 11.8 Å². The maximum atomic E-state index is 11.5. The number of rotatable bonds is 2. The topological polar surface area (TPSA) is 46.6 Å². The van der Waals surface area contributed by atoms with Gasteiger partial charge in [0, 0.05) is 6.54 Å². The number of nitrogens with zero attached hydrogens (tertiary/aromatic N) is 1. The molecule has 0 aromatic rings. The largest absolute Gasteiger partial charge is 0.457 e. The van der Waals surface area contributed by atoms with Crippen LogP contribution in [0.25, 0.3) is 0 Å². The molecule has 0 atom stereocenters. The molecule has 1 aliphatic rings. The van der Waals surface area contributed by atoms with Gasteiger partial charge in [-0.2, -0.15) is 0 Å². The molecule has 1 heterocycles. The van der Waals surface area contributed by atoms with Gasteiger partial charge in [-0.05, 0) is 27.7 Å². The van der Waals surface area contributed by atoms with Crippen LogP contribution >= 0.6 is 11.8 Å². The first kappa shape index (κ1) is 13.1. The highest BCUT2D eigenvalue weighted by atomic mass is 32.2. The number of amides is 1. The Morgan fingerprint density at radius 2 is 2.19 bits per heavy atom. The van der Waals surface area contributed by atoms with Gasteiger partial charge in [-0.15, -0.1) is 0 Å². The third-order valence-electron chi connectivity index (χ3n) is 1.87. The molecular weight excluding hydrogens is 226 g/mol. The monoisotopic (exact) mass is 243 g/mol. The van der Waals surface area contributed by atoms with Crippen molar-refractivity contribution in [3.63, 3.8) is 0 Å². The highest BCUT2D eigenvalue weighted by Gasteiger charge is 2.26. The number of carbonyl (C=O) groups is 2. The fraction of sp³-hybridized carbons (Fsp3) is 0.636. The van der Waals surface area contributed by atoms with Crippen LogP contribution in [0.15, 0.2) is 11.1 Å². The van der Waals surface area contributed by atoms with E-state index in [4.69, 9.17) is 4.74 Å². The van der Waals surface area contributed by atoms with Crippen LogP contribution in [0.2, 0.25) is 0 Å². The van der Waals surface area contributed by atoms with Crippen molar-refractivity contribution in [3.05, 3.63) is 11.1 Å². The highest BCUT2D eigenvalue weighted by molar-refractivity contribution is 8.04. The van der Waals surface area contributed by atoms with Gasteiger partial charge in [0.15, 0.2) is 0 Å². The third-order valence-corrected chi connectivity index (χ3v) is 2.90. The summed E-state index contributed by atoms with van der Waals surface area (Å²) in [6.45, 7) is 7.91. The summed E-state index contributed by atoms with van der Waals surface area (Å²) < 4.78 is 5.16. The van der Waals surface area contributed by atoms with Crippen molar-refractivity contribution in [2.75, 3.05) is 12.3 Å². The normalized spacial score (nSPS) is 19.4. The van der Waals surface area contributed by atoms with Gasteiger partial charge in [-0.3, -0.25) is 4.79 Å². The average Bonchev–Trinajstić information content (AvgIpc) is 2.43. The quantitative estimate of drug-likeness (QED) is 0.548. The molecule has 1 amide bonds. The summed E-state index contributed by atoms with van der Waals surface area (Å²) in [6.07, 6.45) is 1.39. The van der Waals surface area contributed by atoms with Crippen LogP contribution in [0, 0.1) is 0 Å². The molecule has 1 aliphatic heterocycles. The van der Waals surface area contributed by atoms with Gasteiger partial charge >= 0.3 is 5.97 Å². The first-order valence-electron chi connectivity index (χ1n) is 5.21. The number of hydrogen-bond acceptors (Lipinski definition) is 4. The van der Waals surface area contributed by atoms with E-state index in [1.807, 2.05) is 27.7 Å². The zero-order valence-corrected chi connectivity index (χ0v) is 10.9. The lowest BCUT2D eigenvalue weighted by Crippen LogP contribution is -2.26. The van der Waals surface area contributed by atoms with Crippen molar-refractivity contribution in [3.8, 4) is 0 Å². The molecule has 0 bridgehead atoms. The standard InChI is InChI=1S/C11H17NO3S/c1-5-12-8(13)7-16-9(12)6-10(14)15-11(2,3)4/h6H,5,7H2,1-4H3. The summed E-state index contributed by atoms with van der Waals surface area (Å²) >= 11 is 1.37. The van der Waals surface area contributed by atoms with E-state index >= 15 is 0 Å².